The molecule has 0 aliphatic carbocycles. The molecule has 14 heteroatoms. The number of carboxylic acids is 1. The van der Waals surface area contributed by atoms with Crippen LogP contribution in [0.4, 0.5) is 16.0 Å². The highest BCUT2D eigenvalue weighted by atomic mass is 32.2. The number of thioether (sulfide) groups is 1. The Kier molecular flexibility index (Phi) is 11.4. The fourth-order valence-corrected chi connectivity index (χ4v) is 5.40. The van der Waals surface area contributed by atoms with Crippen LogP contribution in [0.3, 0.4) is 0 Å². The van der Waals surface area contributed by atoms with Gasteiger partial charge in [0.1, 0.15) is 0 Å². The molecule has 1 aromatic carbocycles. The summed E-state index contributed by atoms with van der Waals surface area (Å²) >= 11 is 3.42. The molecule has 4 rings (SSSR count). The number of aryl methyl sites for hydroxylation is 1. The minimum Gasteiger partial charge on any atom is -0.479 e. The average Bonchev–Trinajstić information content (AvgIpc) is 3.56. The van der Waals surface area contributed by atoms with E-state index in [1.807, 2.05) is 30.3 Å². The van der Waals surface area contributed by atoms with Crippen molar-refractivity contribution >= 4 is 51.7 Å². The second-order valence-electron chi connectivity index (χ2n) is 9.65. The van der Waals surface area contributed by atoms with Gasteiger partial charge in [0, 0.05) is 48.9 Å². The Labute approximate surface area is 249 Å². The van der Waals surface area contributed by atoms with Gasteiger partial charge in [-0.05, 0) is 38.3 Å². The summed E-state index contributed by atoms with van der Waals surface area (Å²) in [6.07, 6.45) is 7.18. The van der Waals surface area contributed by atoms with Crippen molar-refractivity contribution < 1.29 is 18.5 Å². The summed E-state index contributed by atoms with van der Waals surface area (Å²) in [6, 6.07) is 9.73. The summed E-state index contributed by atoms with van der Waals surface area (Å²) in [6.45, 7) is 7.07. The largest absolute Gasteiger partial charge is 0.479 e. The second-order valence-corrected chi connectivity index (χ2v) is 12.9. The minimum absolute atomic E-state index is 0.290. The number of thiazole rings is 1. The molecule has 4 aromatic rings. The van der Waals surface area contributed by atoms with Gasteiger partial charge in [-0.2, -0.15) is 16.9 Å². The Morgan fingerprint density at radius 3 is 2.61 bits per heavy atom. The van der Waals surface area contributed by atoms with Crippen molar-refractivity contribution in [2.75, 3.05) is 28.6 Å². The highest BCUT2D eigenvalue weighted by Gasteiger charge is 2.25. The van der Waals surface area contributed by atoms with Gasteiger partial charge in [-0.15, -0.1) is 11.3 Å². The van der Waals surface area contributed by atoms with Crippen molar-refractivity contribution in [1.29, 1.82) is 0 Å². The van der Waals surface area contributed by atoms with Gasteiger partial charge in [0.15, 0.2) is 11.0 Å². The monoisotopic (exact) mass is 619 g/mol. The number of nitrogens with zero attached hydrogens (tertiary/aromatic N) is 5. The maximum Gasteiger partial charge on any atom is 0.340 e. The third-order valence-corrected chi connectivity index (χ3v) is 8.42. The van der Waals surface area contributed by atoms with Crippen LogP contribution in [0.2, 0.25) is 0 Å². The fraction of sp³-hybridized carbons (Fsp3) is 0.370. The lowest BCUT2D eigenvalue weighted by atomic mass is 10.1. The molecule has 0 spiro atoms. The Balaban J connectivity index is 0.000000587. The van der Waals surface area contributed by atoms with E-state index < -0.39 is 22.6 Å². The Hall–Kier alpha value is -3.36. The smallest absolute Gasteiger partial charge is 0.340 e. The number of hydrogen-bond donors (Lipinski definition) is 3. The molecular weight excluding hydrogens is 586 g/mol. The molecule has 0 amide bonds. The Morgan fingerprint density at radius 2 is 2.00 bits per heavy atom. The van der Waals surface area contributed by atoms with Crippen LogP contribution in [0.15, 0.2) is 53.8 Å². The van der Waals surface area contributed by atoms with E-state index in [4.69, 9.17) is 15.1 Å². The number of hydrogen-bond acceptors (Lipinski definition) is 9. The summed E-state index contributed by atoms with van der Waals surface area (Å²) < 4.78 is 29.3. The van der Waals surface area contributed by atoms with Crippen LogP contribution in [-0.2, 0) is 22.8 Å². The van der Waals surface area contributed by atoms with Gasteiger partial charge in [0.2, 0.25) is 11.6 Å². The van der Waals surface area contributed by atoms with E-state index in [1.54, 1.807) is 53.4 Å². The predicted octanol–water partition coefficient (Wildman–Crippen LogP) is 5.85. The summed E-state index contributed by atoms with van der Waals surface area (Å²) in [5.41, 5.74) is 1.28. The van der Waals surface area contributed by atoms with E-state index in [-0.39, 0.29) is 5.92 Å². The standard InChI is InChI=1S/C23H27N7OS3.C4H7FO2/c1-15(2)22-28-20(21(33-22)19-8-9-24-23(27-19)25-10-11-32-4)16-6-5-7-17(12-16)29-34(31)18-13-26-30(3)14-18;1-4(2,5)3(6)7/h5-9,12-15,29H,10-11H2,1-4H3,(H,24,25,27);1-2H3,(H,6,7). The Morgan fingerprint density at radius 1 is 1.27 bits per heavy atom. The molecule has 3 heterocycles. The third-order valence-electron chi connectivity index (χ3n) is 5.37. The number of nitrogens with one attached hydrogen (secondary N) is 2. The van der Waals surface area contributed by atoms with Crippen LogP contribution < -0.4 is 10.0 Å². The van der Waals surface area contributed by atoms with Crippen LogP contribution in [0.5, 0.6) is 0 Å². The normalized spacial score (nSPS) is 12.0. The predicted molar refractivity (Wildman–Crippen MR) is 166 cm³/mol. The highest BCUT2D eigenvalue weighted by molar-refractivity contribution is 7.98. The molecule has 1 unspecified atom stereocenters. The zero-order valence-corrected chi connectivity index (χ0v) is 26.2. The van der Waals surface area contributed by atoms with Gasteiger partial charge in [0.25, 0.3) is 0 Å². The van der Waals surface area contributed by atoms with Crippen molar-refractivity contribution in [3.05, 3.63) is 53.9 Å². The highest BCUT2D eigenvalue weighted by Crippen LogP contribution is 2.39. The molecule has 0 radical (unpaired) electrons. The number of alkyl halides is 1. The van der Waals surface area contributed by atoms with Crippen molar-refractivity contribution in [2.45, 2.75) is 44.2 Å². The van der Waals surface area contributed by atoms with Gasteiger partial charge in [-0.1, -0.05) is 26.0 Å². The average molecular weight is 620 g/mol. The van der Waals surface area contributed by atoms with E-state index in [2.05, 4.69) is 40.2 Å². The van der Waals surface area contributed by atoms with Gasteiger partial charge >= 0.3 is 5.97 Å². The maximum atomic E-state index is 12.7. The third kappa shape index (κ3) is 9.33. The van der Waals surface area contributed by atoms with Crippen LogP contribution in [-0.4, -0.2) is 64.2 Å². The molecule has 0 bridgehead atoms. The van der Waals surface area contributed by atoms with E-state index in [1.165, 1.54) is 0 Å². The molecule has 3 N–H and O–H groups in total. The quantitative estimate of drug-likeness (QED) is 0.177. The summed E-state index contributed by atoms with van der Waals surface area (Å²) in [5.74, 6) is 0.460. The number of rotatable bonds is 11. The maximum absolute atomic E-state index is 12.7. The number of aromatic nitrogens is 5. The van der Waals surface area contributed by atoms with Crippen LogP contribution in [0.25, 0.3) is 21.8 Å². The van der Waals surface area contributed by atoms with Crippen molar-refractivity contribution in [1.82, 2.24) is 24.7 Å². The van der Waals surface area contributed by atoms with Crippen LogP contribution in [0, 0.1) is 0 Å². The fourth-order valence-electron chi connectivity index (χ4n) is 3.18. The molecule has 0 fully saturated rings. The Bertz CT molecular complexity index is 1480. The molecule has 0 aliphatic rings. The molecular formula is C27H34FN7O3S3. The molecule has 0 saturated carbocycles. The molecule has 220 valence electrons. The first kappa shape index (κ1) is 32.2. The van der Waals surface area contributed by atoms with Crippen LogP contribution in [0.1, 0.15) is 38.6 Å². The zero-order chi connectivity index (χ0) is 30.2. The SMILES string of the molecule is CC(C)(F)C(=O)O.CSCCNc1nccc(-c2sc(C(C)C)nc2-c2cccc(NS(=O)c3cnn(C)c3)c2)n1. The number of aliphatic carboxylic acids is 1. The molecule has 0 aliphatic heterocycles. The molecule has 0 saturated heterocycles. The second kappa shape index (κ2) is 14.5. The van der Waals surface area contributed by atoms with E-state index in [9.17, 15) is 13.4 Å². The summed E-state index contributed by atoms with van der Waals surface area (Å²) in [7, 11) is 0.389. The number of halogens is 1. The van der Waals surface area contributed by atoms with Gasteiger partial charge in [0.05, 0.1) is 32.4 Å². The van der Waals surface area contributed by atoms with Gasteiger partial charge in [-0.25, -0.2) is 28.3 Å². The summed E-state index contributed by atoms with van der Waals surface area (Å²) in [5, 5.41) is 16.3. The molecule has 41 heavy (non-hydrogen) atoms. The van der Waals surface area contributed by atoms with E-state index >= 15 is 0 Å². The lowest BCUT2D eigenvalue weighted by Gasteiger charge is -2.08. The lowest BCUT2D eigenvalue weighted by molar-refractivity contribution is -0.148. The van der Waals surface area contributed by atoms with Crippen molar-refractivity contribution in [2.24, 2.45) is 7.05 Å². The molecule has 10 nitrogen and oxygen atoms in total. The molecule has 1 atom stereocenters. The molecule has 3 aromatic heterocycles. The van der Waals surface area contributed by atoms with Crippen molar-refractivity contribution in [3.63, 3.8) is 0 Å². The summed E-state index contributed by atoms with van der Waals surface area (Å²) in [4.78, 5) is 25.3. The van der Waals surface area contributed by atoms with Gasteiger partial charge in [-0.3, -0.25) is 4.68 Å². The number of carbonyl (C=O) groups is 1. The van der Waals surface area contributed by atoms with Crippen molar-refractivity contribution in [3.8, 4) is 21.8 Å². The number of carboxylic acid groups (broad SMARTS) is 1. The first-order chi connectivity index (χ1) is 19.4. The lowest BCUT2D eigenvalue weighted by Crippen LogP contribution is -2.24. The number of benzene rings is 1. The first-order valence-electron chi connectivity index (χ1n) is 12.7. The van der Waals surface area contributed by atoms with Gasteiger partial charge < -0.3 is 15.1 Å². The minimum atomic E-state index is -2.08. The topological polar surface area (TPSA) is 135 Å². The van der Waals surface area contributed by atoms with Crippen LogP contribution >= 0.6 is 23.1 Å². The zero-order valence-electron chi connectivity index (χ0n) is 23.7. The van der Waals surface area contributed by atoms with E-state index in [0.29, 0.717) is 10.8 Å². The number of anilines is 2. The van der Waals surface area contributed by atoms with E-state index in [0.717, 1.165) is 58.7 Å². The first-order valence-corrected chi connectivity index (χ1v) is 16.0.